The average molecular weight is 176 g/mol. The van der Waals surface area contributed by atoms with Crippen LogP contribution >= 0.6 is 0 Å². The molecule has 0 saturated heterocycles. The predicted molar refractivity (Wildman–Crippen MR) is 57.4 cm³/mol. The summed E-state index contributed by atoms with van der Waals surface area (Å²) in [5.41, 5.74) is 1.69. The molecular formula is C13H20. The molecule has 1 saturated carbocycles. The van der Waals surface area contributed by atoms with E-state index >= 15 is 0 Å². The van der Waals surface area contributed by atoms with Gasteiger partial charge in [0, 0.05) is 5.92 Å². The number of hydrogen-bond acceptors (Lipinski definition) is 0. The lowest BCUT2D eigenvalue weighted by Gasteiger charge is -2.20. The molecule has 4 unspecified atom stereocenters. The first-order valence-corrected chi connectivity index (χ1v) is 5.56. The minimum atomic E-state index is 0.764. The number of allylic oxidation sites excluding steroid dienone is 4. The van der Waals surface area contributed by atoms with Gasteiger partial charge in [0.05, 0.1) is 0 Å². The molecule has 0 nitrogen and oxygen atoms in total. The lowest BCUT2D eigenvalue weighted by molar-refractivity contribution is 0.384. The molecule has 0 aromatic carbocycles. The van der Waals surface area contributed by atoms with Gasteiger partial charge in [-0.05, 0) is 30.6 Å². The lowest BCUT2D eigenvalue weighted by atomic mass is 9.85. The first kappa shape index (κ1) is 9.05. The van der Waals surface area contributed by atoms with Crippen molar-refractivity contribution in [2.45, 2.75) is 33.6 Å². The normalized spacial score (nSPS) is 44.1. The molecule has 0 aliphatic heterocycles. The Kier molecular flexibility index (Phi) is 2.31. The summed E-state index contributed by atoms with van der Waals surface area (Å²) in [7, 11) is 0. The van der Waals surface area contributed by atoms with E-state index in [2.05, 4.69) is 39.0 Å². The molecule has 13 heavy (non-hydrogen) atoms. The molecule has 2 aliphatic rings. The third-order valence-electron chi connectivity index (χ3n) is 3.70. The van der Waals surface area contributed by atoms with E-state index in [1.54, 1.807) is 5.57 Å². The van der Waals surface area contributed by atoms with Crippen molar-refractivity contribution in [2.24, 2.45) is 23.7 Å². The average Bonchev–Trinajstić information content (AvgIpc) is 2.47. The summed E-state index contributed by atoms with van der Waals surface area (Å²) in [6.45, 7) is 7.20. The second kappa shape index (κ2) is 3.32. The Morgan fingerprint density at radius 1 is 1.15 bits per heavy atom. The minimum Gasteiger partial charge on any atom is -0.0771 e. The maximum atomic E-state index is 2.41. The Morgan fingerprint density at radius 3 is 2.69 bits per heavy atom. The van der Waals surface area contributed by atoms with Gasteiger partial charge in [-0.1, -0.05) is 44.6 Å². The van der Waals surface area contributed by atoms with Crippen molar-refractivity contribution in [3.8, 4) is 0 Å². The number of fused-ring (bicyclic) bond motifs is 1. The highest BCUT2D eigenvalue weighted by molar-refractivity contribution is 5.30. The van der Waals surface area contributed by atoms with E-state index in [-0.39, 0.29) is 0 Å². The fourth-order valence-electron chi connectivity index (χ4n) is 3.14. The van der Waals surface area contributed by atoms with Gasteiger partial charge in [-0.25, -0.2) is 0 Å². The van der Waals surface area contributed by atoms with Crippen LogP contribution in [0.25, 0.3) is 0 Å². The van der Waals surface area contributed by atoms with Crippen LogP contribution < -0.4 is 0 Å². The summed E-state index contributed by atoms with van der Waals surface area (Å²) in [6, 6.07) is 0. The molecule has 1 fully saturated rings. The summed E-state index contributed by atoms with van der Waals surface area (Å²) in [5, 5.41) is 0. The van der Waals surface area contributed by atoms with Crippen LogP contribution in [0.5, 0.6) is 0 Å². The van der Waals surface area contributed by atoms with Crippen molar-refractivity contribution >= 4 is 0 Å². The van der Waals surface area contributed by atoms with Crippen LogP contribution in [-0.4, -0.2) is 0 Å². The molecule has 0 aromatic rings. The molecule has 0 N–H and O–H groups in total. The molecular weight excluding hydrogens is 156 g/mol. The van der Waals surface area contributed by atoms with Gasteiger partial charge in [-0.15, -0.1) is 0 Å². The van der Waals surface area contributed by atoms with E-state index in [0.717, 1.165) is 23.7 Å². The fourth-order valence-corrected chi connectivity index (χ4v) is 3.14. The Bertz CT molecular complexity index is 247. The molecule has 2 rings (SSSR count). The van der Waals surface area contributed by atoms with Crippen molar-refractivity contribution < 1.29 is 0 Å². The van der Waals surface area contributed by atoms with Gasteiger partial charge in [-0.3, -0.25) is 0 Å². The maximum Gasteiger partial charge on any atom is 0.00114 e. The third-order valence-corrected chi connectivity index (χ3v) is 3.70. The quantitative estimate of drug-likeness (QED) is 0.526. The highest BCUT2D eigenvalue weighted by Gasteiger charge is 2.30. The van der Waals surface area contributed by atoms with Crippen molar-refractivity contribution in [3.63, 3.8) is 0 Å². The second-order valence-corrected chi connectivity index (χ2v) is 5.03. The number of rotatable bonds is 0. The van der Waals surface area contributed by atoms with E-state index < -0.39 is 0 Å². The summed E-state index contributed by atoms with van der Waals surface area (Å²) in [4.78, 5) is 0. The Morgan fingerprint density at radius 2 is 1.92 bits per heavy atom. The SMILES string of the molecule is CC1CC(C)C2=CC=CC2C(C)C1. The first-order valence-electron chi connectivity index (χ1n) is 5.56. The standard InChI is InChI=1S/C13H20/c1-9-7-10(2)12-5-4-6-13(12)11(3)8-9/h4-6,9-12H,7-8H2,1-3H3. The smallest absolute Gasteiger partial charge is 0.00114 e. The zero-order valence-corrected chi connectivity index (χ0v) is 8.96. The lowest BCUT2D eigenvalue weighted by Crippen LogP contribution is -2.10. The van der Waals surface area contributed by atoms with Gasteiger partial charge in [0.15, 0.2) is 0 Å². The van der Waals surface area contributed by atoms with Crippen molar-refractivity contribution in [3.05, 3.63) is 23.8 Å². The Labute approximate surface area is 81.7 Å². The highest BCUT2D eigenvalue weighted by atomic mass is 14.3. The van der Waals surface area contributed by atoms with Crippen molar-refractivity contribution in [2.75, 3.05) is 0 Å². The van der Waals surface area contributed by atoms with Crippen LogP contribution in [0.3, 0.4) is 0 Å². The molecule has 4 atom stereocenters. The van der Waals surface area contributed by atoms with Gasteiger partial charge < -0.3 is 0 Å². The topological polar surface area (TPSA) is 0 Å². The zero-order valence-electron chi connectivity index (χ0n) is 8.96. The Balaban J connectivity index is 2.23. The summed E-state index contributed by atoms with van der Waals surface area (Å²) >= 11 is 0. The summed E-state index contributed by atoms with van der Waals surface area (Å²) < 4.78 is 0. The monoisotopic (exact) mass is 176 g/mol. The Hall–Kier alpha value is -0.520. The van der Waals surface area contributed by atoms with Gasteiger partial charge in [0.2, 0.25) is 0 Å². The van der Waals surface area contributed by atoms with Crippen LogP contribution in [0.2, 0.25) is 0 Å². The zero-order chi connectivity index (χ0) is 9.42. The maximum absolute atomic E-state index is 2.41. The van der Waals surface area contributed by atoms with Crippen molar-refractivity contribution in [1.29, 1.82) is 0 Å². The molecule has 0 heterocycles. The summed E-state index contributed by atoms with van der Waals surface area (Å²) in [6.07, 6.45) is 9.78. The van der Waals surface area contributed by atoms with Gasteiger partial charge in [0.1, 0.15) is 0 Å². The van der Waals surface area contributed by atoms with Crippen LogP contribution in [0.1, 0.15) is 33.6 Å². The van der Waals surface area contributed by atoms with Gasteiger partial charge in [0.25, 0.3) is 0 Å². The van der Waals surface area contributed by atoms with Crippen LogP contribution in [0.15, 0.2) is 23.8 Å². The van der Waals surface area contributed by atoms with E-state index in [1.165, 1.54) is 12.8 Å². The van der Waals surface area contributed by atoms with E-state index in [9.17, 15) is 0 Å². The van der Waals surface area contributed by atoms with Crippen molar-refractivity contribution in [1.82, 2.24) is 0 Å². The minimum absolute atomic E-state index is 0.764. The predicted octanol–water partition coefficient (Wildman–Crippen LogP) is 3.80. The molecule has 0 spiro atoms. The molecule has 0 radical (unpaired) electrons. The third kappa shape index (κ3) is 1.59. The largest absolute Gasteiger partial charge is 0.0771 e. The molecule has 0 aromatic heterocycles. The van der Waals surface area contributed by atoms with Crippen LogP contribution in [-0.2, 0) is 0 Å². The van der Waals surface area contributed by atoms with E-state index in [1.807, 2.05) is 0 Å². The van der Waals surface area contributed by atoms with Gasteiger partial charge in [-0.2, -0.15) is 0 Å². The molecule has 0 amide bonds. The fraction of sp³-hybridized carbons (Fsp3) is 0.692. The molecule has 0 heteroatoms. The molecule has 72 valence electrons. The van der Waals surface area contributed by atoms with E-state index in [0.29, 0.717) is 0 Å². The molecule has 0 bridgehead atoms. The second-order valence-electron chi connectivity index (χ2n) is 5.03. The highest BCUT2D eigenvalue weighted by Crippen LogP contribution is 2.41. The first-order chi connectivity index (χ1) is 6.18. The van der Waals surface area contributed by atoms with E-state index in [4.69, 9.17) is 0 Å². The summed E-state index contributed by atoms with van der Waals surface area (Å²) in [5.74, 6) is 3.33. The van der Waals surface area contributed by atoms with Crippen LogP contribution in [0, 0.1) is 23.7 Å². The number of hydrogen-bond donors (Lipinski definition) is 0. The van der Waals surface area contributed by atoms with Crippen LogP contribution in [0.4, 0.5) is 0 Å². The molecule has 2 aliphatic carbocycles. The van der Waals surface area contributed by atoms with Gasteiger partial charge >= 0.3 is 0 Å².